The second-order valence-electron chi connectivity index (χ2n) is 6.41. The first-order valence-electron chi connectivity index (χ1n) is 8.91. The van der Waals surface area contributed by atoms with Crippen LogP contribution in [0.5, 0.6) is 0 Å². The predicted molar refractivity (Wildman–Crippen MR) is 109 cm³/mol. The number of benzene rings is 3. The van der Waals surface area contributed by atoms with Crippen LogP contribution in [0, 0.1) is 0 Å². The number of azide groups is 1. The van der Waals surface area contributed by atoms with Gasteiger partial charge in [-0.25, -0.2) is 0 Å². The Hall–Kier alpha value is -3.95. The Morgan fingerprint density at radius 2 is 1.71 bits per heavy atom. The van der Waals surface area contributed by atoms with Crippen molar-refractivity contribution in [3.8, 4) is 11.3 Å². The van der Waals surface area contributed by atoms with E-state index in [1.54, 1.807) is 6.07 Å². The van der Waals surface area contributed by atoms with Crippen LogP contribution in [0.1, 0.15) is 10.4 Å². The molecule has 0 aliphatic rings. The SMILES string of the molecule is [N-]=[N+]=Nc1cccc(-c2c3ccccc3cc[n+]2CC(=O)c2ccccc2)c1. The van der Waals surface area contributed by atoms with Gasteiger partial charge in [-0.2, -0.15) is 4.57 Å². The van der Waals surface area contributed by atoms with Crippen molar-refractivity contribution < 1.29 is 9.36 Å². The third kappa shape index (κ3) is 3.47. The van der Waals surface area contributed by atoms with Crippen LogP contribution in [0.2, 0.25) is 0 Å². The minimum atomic E-state index is 0.0355. The molecule has 4 aromatic rings. The summed E-state index contributed by atoms with van der Waals surface area (Å²) in [5, 5.41) is 5.83. The van der Waals surface area contributed by atoms with E-state index >= 15 is 0 Å². The molecule has 0 saturated heterocycles. The van der Waals surface area contributed by atoms with Gasteiger partial charge in [0.25, 0.3) is 0 Å². The van der Waals surface area contributed by atoms with Crippen molar-refractivity contribution in [2.45, 2.75) is 6.54 Å². The van der Waals surface area contributed by atoms with E-state index in [1.807, 2.05) is 89.6 Å². The van der Waals surface area contributed by atoms with Gasteiger partial charge in [-0.05, 0) is 29.1 Å². The average Bonchev–Trinajstić information content (AvgIpc) is 2.74. The van der Waals surface area contributed by atoms with Gasteiger partial charge in [0.05, 0.1) is 5.39 Å². The monoisotopic (exact) mass is 365 g/mol. The Morgan fingerprint density at radius 1 is 0.929 bits per heavy atom. The van der Waals surface area contributed by atoms with E-state index in [-0.39, 0.29) is 12.3 Å². The molecule has 4 rings (SSSR count). The van der Waals surface area contributed by atoms with Gasteiger partial charge in [-0.15, -0.1) is 0 Å². The first kappa shape index (κ1) is 17.5. The molecule has 134 valence electrons. The number of fused-ring (bicyclic) bond motifs is 1. The van der Waals surface area contributed by atoms with Crippen molar-refractivity contribution in [2.75, 3.05) is 0 Å². The van der Waals surface area contributed by atoms with Crippen molar-refractivity contribution in [1.82, 2.24) is 0 Å². The summed E-state index contributed by atoms with van der Waals surface area (Å²) in [6.07, 6.45) is 1.93. The second-order valence-corrected chi connectivity index (χ2v) is 6.41. The number of ketones is 1. The second kappa shape index (κ2) is 7.74. The summed E-state index contributed by atoms with van der Waals surface area (Å²) in [5.41, 5.74) is 11.8. The lowest BCUT2D eigenvalue weighted by Crippen LogP contribution is -2.40. The standard InChI is InChI=1S/C23H17N4O/c24-26-25-20-11-6-10-19(15-20)23-21-12-5-4-7-17(21)13-14-27(23)16-22(28)18-8-2-1-3-9-18/h1-15H,16H2/q+1. The van der Waals surface area contributed by atoms with Gasteiger partial charge in [-0.1, -0.05) is 65.8 Å². The molecule has 5 heteroatoms. The predicted octanol–water partition coefficient (Wildman–Crippen LogP) is 5.62. The topological polar surface area (TPSA) is 69.7 Å². The molecule has 0 aliphatic heterocycles. The van der Waals surface area contributed by atoms with E-state index in [9.17, 15) is 4.79 Å². The number of carbonyl (C=O) groups excluding carboxylic acids is 1. The molecule has 0 fully saturated rings. The summed E-state index contributed by atoms with van der Waals surface area (Å²) in [7, 11) is 0. The number of nitrogens with zero attached hydrogens (tertiary/aromatic N) is 4. The van der Waals surface area contributed by atoms with Crippen LogP contribution in [-0.4, -0.2) is 5.78 Å². The van der Waals surface area contributed by atoms with Crippen molar-refractivity contribution in [1.29, 1.82) is 0 Å². The van der Waals surface area contributed by atoms with Crippen LogP contribution in [0.15, 0.2) is 96.2 Å². The summed E-state index contributed by atoms with van der Waals surface area (Å²) in [5.74, 6) is 0.0355. The molecule has 0 amide bonds. The van der Waals surface area contributed by atoms with Crippen molar-refractivity contribution in [3.63, 3.8) is 0 Å². The zero-order valence-electron chi connectivity index (χ0n) is 15.1. The van der Waals surface area contributed by atoms with E-state index < -0.39 is 0 Å². The number of carbonyl (C=O) groups is 1. The fourth-order valence-corrected chi connectivity index (χ4v) is 3.35. The number of hydrogen-bond acceptors (Lipinski definition) is 2. The number of hydrogen-bond donors (Lipinski definition) is 0. The van der Waals surface area contributed by atoms with Gasteiger partial charge in [0, 0.05) is 27.8 Å². The number of aromatic nitrogens is 1. The number of Topliss-reactive ketones (excluding diaryl/α,β-unsaturated/α-hetero) is 1. The zero-order chi connectivity index (χ0) is 19.3. The number of pyridine rings is 1. The highest BCUT2D eigenvalue weighted by molar-refractivity contribution is 5.96. The fourth-order valence-electron chi connectivity index (χ4n) is 3.35. The van der Waals surface area contributed by atoms with Crippen LogP contribution in [0.3, 0.4) is 0 Å². The summed E-state index contributed by atoms with van der Waals surface area (Å²) in [6, 6.07) is 26.7. The maximum absolute atomic E-state index is 12.8. The molecule has 0 spiro atoms. The van der Waals surface area contributed by atoms with Gasteiger partial charge >= 0.3 is 0 Å². The van der Waals surface area contributed by atoms with Gasteiger partial charge < -0.3 is 0 Å². The van der Waals surface area contributed by atoms with Gasteiger partial charge in [0.15, 0.2) is 6.20 Å². The molecule has 0 aliphatic carbocycles. The minimum absolute atomic E-state index is 0.0355. The molecule has 0 atom stereocenters. The molecule has 5 nitrogen and oxygen atoms in total. The van der Waals surface area contributed by atoms with Crippen LogP contribution >= 0.6 is 0 Å². The summed E-state index contributed by atoms with van der Waals surface area (Å²) < 4.78 is 1.95. The molecule has 0 radical (unpaired) electrons. The Balaban J connectivity index is 1.87. The van der Waals surface area contributed by atoms with Crippen molar-refractivity contribution in [3.05, 3.63) is 107 Å². The molecular formula is C23H17N4O+. The first-order valence-corrected chi connectivity index (χ1v) is 8.91. The van der Waals surface area contributed by atoms with Crippen LogP contribution in [-0.2, 0) is 6.54 Å². The minimum Gasteiger partial charge on any atom is -0.287 e. The third-order valence-corrected chi connectivity index (χ3v) is 4.63. The first-order chi connectivity index (χ1) is 13.8. The van der Waals surface area contributed by atoms with Crippen LogP contribution in [0.25, 0.3) is 32.5 Å². The third-order valence-electron chi connectivity index (χ3n) is 4.63. The largest absolute Gasteiger partial charge is 0.287 e. The van der Waals surface area contributed by atoms with E-state index in [1.165, 1.54) is 0 Å². The van der Waals surface area contributed by atoms with Crippen molar-refractivity contribution >= 4 is 22.2 Å². The highest BCUT2D eigenvalue weighted by Gasteiger charge is 2.21. The normalized spacial score (nSPS) is 10.4. The highest BCUT2D eigenvalue weighted by atomic mass is 16.1. The summed E-state index contributed by atoms with van der Waals surface area (Å²) in [6.45, 7) is 0.218. The molecular weight excluding hydrogens is 348 g/mol. The van der Waals surface area contributed by atoms with Gasteiger partial charge in [-0.3, -0.25) is 4.79 Å². The zero-order valence-corrected chi connectivity index (χ0v) is 15.1. The molecule has 1 aromatic heterocycles. The molecule has 1 heterocycles. The van der Waals surface area contributed by atoms with E-state index in [2.05, 4.69) is 10.0 Å². The lowest BCUT2D eigenvalue weighted by Gasteiger charge is -2.08. The molecule has 0 N–H and O–H groups in total. The fraction of sp³-hybridized carbons (Fsp3) is 0.0435. The number of rotatable bonds is 5. The van der Waals surface area contributed by atoms with Gasteiger partial charge in [0.1, 0.15) is 0 Å². The molecule has 0 saturated carbocycles. The maximum Gasteiger partial charge on any atom is 0.227 e. The highest BCUT2D eigenvalue weighted by Crippen LogP contribution is 2.28. The Bertz CT molecular complexity index is 1210. The quantitative estimate of drug-likeness (QED) is 0.149. The van der Waals surface area contributed by atoms with Crippen molar-refractivity contribution in [2.24, 2.45) is 5.11 Å². The van der Waals surface area contributed by atoms with E-state index in [0.717, 1.165) is 22.0 Å². The smallest absolute Gasteiger partial charge is 0.227 e. The molecule has 3 aromatic carbocycles. The lowest BCUT2D eigenvalue weighted by molar-refractivity contribution is -0.671. The van der Waals surface area contributed by atoms with Crippen LogP contribution in [0.4, 0.5) is 5.69 Å². The Labute approximate surface area is 162 Å². The Kier molecular flexibility index (Phi) is 4.83. The Morgan fingerprint density at radius 3 is 2.54 bits per heavy atom. The molecule has 0 unspecified atom stereocenters. The van der Waals surface area contributed by atoms with Crippen LogP contribution < -0.4 is 4.57 Å². The lowest BCUT2D eigenvalue weighted by atomic mass is 10.0. The molecule has 0 bridgehead atoms. The molecule has 28 heavy (non-hydrogen) atoms. The average molecular weight is 365 g/mol. The van der Waals surface area contributed by atoms with Gasteiger partial charge in [0.2, 0.25) is 18.0 Å². The maximum atomic E-state index is 12.8. The summed E-state index contributed by atoms with van der Waals surface area (Å²) >= 11 is 0. The van der Waals surface area contributed by atoms with E-state index in [4.69, 9.17) is 5.53 Å². The summed E-state index contributed by atoms with van der Waals surface area (Å²) in [4.78, 5) is 15.7. The van der Waals surface area contributed by atoms with E-state index in [0.29, 0.717) is 11.3 Å².